The van der Waals surface area contributed by atoms with Crippen molar-refractivity contribution >= 4 is 29.8 Å². The van der Waals surface area contributed by atoms with Crippen molar-refractivity contribution in [3.63, 3.8) is 0 Å². The second kappa shape index (κ2) is 11.5. The van der Waals surface area contributed by atoms with Crippen molar-refractivity contribution in [2.75, 3.05) is 19.8 Å². The summed E-state index contributed by atoms with van der Waals surface area (Å²) in [7, 11) is 0. The van der Waals surface area contributed by atoms with E-state index in [0.717, 1.165) is 0 Å². The van der Waals surface area contributed by atoms with Gasteiger partial charge in [-0.05, 0) is 32.9 Å². The Morgan fingerprint density at radius 1 is 0.800 bits per heavy atom. The molecule has 30 heavy (non-hydrogen) atoms. The van der Waals surface area contributed by atoms with Gasteiger partial charge < -0.3 is 24.1 Å². The zero-order valence-corrected chi connectivity index (χ0v) is 17.0. The fourth-order valence-corrected chi connectivity index (χ4v) is 2.55. The number of esters is 4. The zero-order chi connectivity index (χ0) is 22.7. The summed E-state index contributed by atoms with van der Waals surface area (Å²) >= 11 is 0. The van der Waals surface area contributed by atoms with Crippen LogP contribution in [0.1, 0.15) is 54.3 Å². The molecule has 1 N–H and O–H groups in total. The second-order valence-corrected chi connectivity index (χ2v) is 5.92. The van der Waals surface area contributed by atoms with Crippen LogP contribution in [0.5, 0.6) is 0 Å². The number of hydrogen-bond donors (Lipinski definition) is 1. The van der Waals surface area contributed by atoms with Gasteiger partial charge in [0, 0.05) is 0 Å². The minimum absolute atomic E-state index is 0.0209. The third-order valence-electron chi connectivity index (χ3n) is 3.78. The van der Waals surface area contributed by atoms with E-state index in [0.29, 0.717) is 0 Å². The largest absolute Gasteiger partial charge is 0.478 e. The summed E-state index contributed by atoms with van der Waals surface area (Å²) in [5.41, 5.74) is -3.14. The molecule has 0 saturated carbocycles. The Labute approximate surface area is 173 Å². The average Bonchev–Trinajstić information content (AvgIpc) is 2.68. The first-order valence-electron chi connectivity index (χ1n) is 9.24. The van der Waals surface area contributed by atoms with Crippen molar-refractivity contribution in [1.29, 1.82) is 0 Å². The minimum Gasteiger partial charge on any atom is -0.478 e. The smallest absolute Gasteiger partial charge is 0.351 e. The van der Waals surface area contributed by atoms with Gasteiger partial charge in [0.25, 0.3) is 0 Å². The molecule has 0 saturated heterocycles. The van der Waals surface area contributed by atoms with Gasteiger partial charge in [-0.15, -0.1) is 0 Å². The van der Waals surface area contributed by atoms with Gasteiger partial charge in [0.15, 0.2) is 0 Å². The molecule has 0 atom stereocenters. The van der Waals surface area contributed by atoms with E-state index in [4.69, 9.17) is 18.9 Å². The van der Waals surface area contributed by atoms with E-state index in [1.165, 1.54) is 45.0 Å². The van der Waals surface area contributed by atoms with Crippen LogP contribution < -0.4 is 0 Å². The van der Waals surface area contributed by atoms with Crippen LogP contribution in [0.2, 0.25) is 0 Å². The van der Waals surface area contributed by atoms with Gasteiger partial charge in [0.05, 0.1) is 43.8 Å². The number of hydrogen-bond acceptors (Lipinski definition) is 9. The summed E-state index contributed by atoms with van der Waals surface area (Å²) in [4.78, 5) is 61.1. The first-order valence-corrected chi connectivity index (χ1v) is 9.24. The summed E-state index contributed by atoms with van der Waals surface area (Å²) in [5.74, 6) is -5.63. The van der Waals surface area contributed by atoms with E-state index in [2.05, 4.69) is 0 Å². The number of carbonyl (C=O) groups excluding carboxylic acids is 4. The quantitative estimate of drug-likeness (QED) is 0.412. The van der Waals surface area contributed by atoms with Gasteiger partial charge in [-0.3, -0.25) is 9.59 Å². The van der Waals surface area contributed by atoms with Crippen LogP contribution in [0.4, 0.5) is 0 Å². The maximum absolute atomic E-state index is 12.8. The Morgan fingerprint density at radius 2 is 1.27 bits per heavy atom. The first-order chi connectivity index (χ1) is 14.2. The monoisotopic (exact) mass is 424 g/mol. The molecule has 0 unspecified atom stereocenters. The lowest BCUT2D eigenvalue weighted by atomic mass is 9.94. The molecular formula is C20H24O10. The molecule has 1 aromatic carbocycles. The summed E-state index contributed by atoms with van der Waals surface area (Å²) in [5, 5.41) is 9.29. The van der Waals surface area contributed by atoms with Crippen molar-refractivity contribution in [3.05, 3.63) is 35.4 Å². The van der Waals surface area contributed by atoms with Crippen molar-refractivity contribution in [3.8, 4) is 0 Å². The number of benzene rings is 1. The highest BCUT2D eigenvalue weighted by Crippen LogP contribution is 2.27. The van der Waals surface area contributed by atoms with E-state index < -0.39 is 48.3 Å². The molecule has 0 spiro atoms. The highest BCUT2D eigenvalue weighted by molar-refractivity contribution is 6.04. The van der Waals surface area contributed by atoms with Gasteiger partial charge in [-0.25, -0.2) is 14.4 Å². The lowest BCUT2D eigenvalue weighted by Gasteiger charge is -2.29. The SMILES string of the molecule is CCOC(=O)CC(CC(=O)OCC)(OC(=O)c1ccccc1C(=O)O)C(=O)OCC. The maximum Gasteiger partial charge on any atom is 0.351 e. The van der Waals surface area contributed by atoms with Crippen molar-refractivity contribution in [2.45, 2.75) is 39.2 Å². The van der Waals surface area contributed by atoms with Crippen molar-refractivity contribution < 1.29 is 48.0 Å². The third-order valence-corrected chi connectivity index (χ3v) is 3.78. The number of carbonyl (C=O) groups is 5. The topological polar surface area (TPSA) is 142 Å². The minimum atomic E-state index is -2.39. The highest BCUT2D eigenvalue weighted by atomic mass is 16.6. The van der Waals surface area contributed by atoms with Crippen LogP contribution in [0.15, 0.2) is 24.3 Å². The van der Waals surface area contributed by atoms with Crippen LogP contribution in [0, 0.1) is 0 Å². The molecule has 0 aliphatic heterocycles. The number of carboxylic acids is 1. The van der Waals surface area contributed by atoms with Crippen molar-refractivity contribution in [1.82, 2.24) is 0 Å². The highest BCUT2D eigenvalue weighted by Gasteiger charge is 2.49. The predicted octanol–water partition coefficient (Wildman–Crippen LogP) is 1.75. The fraction of sp³-hybridized carbons (Fsp3) is 0.450. The molecule has 0 heterocycles. The zero-order valence-electron chi connectivity index (χ0n) is 17.0. The predicted molar refractivity (Wildman–Crippen MR) is 101 cm³/mol. The summed E-state index contributed by atoms with van der Waals surface area (Å²) in [6, 6.07) is 5.14. The van der Waals surface area contributed by atoms with Crippen LogP contribution in [-0.2, 0) is 33.3 Å². The molecule has 0 fully saturated rings. The van der Waals surface area contributed by atoms with E-state index in [-0.39, 0.29) is 30.9 Å². The normalized spacial score (nSPS) is 10.6. The molecular weight excluding hydrogens is 400 g/mol. The number of aromatic carboxylic acids is 1. The van der Waals surface area contributed by atoms with E-state index >= 15 is 0 Å². The Morgan fingerprint density at radius 3 is 1.70 bits per heavy atom. The Balaban J connectivity index is 3.42. The van der Waals surface area contributed by atoms with E-state index in [1.807, 2.05) is 0 Å². The lowest BCUT2D eigenvalue weighted by Crippen LogP contribution is -2.48. The molecule has 0 aliphatic rings. The maximum atomic E-state index is 12.8. The summed E-state index contributed by atoms with van der Waals surface area (Å²) in [6.07, 6.45) is -1.64. The number of rotatable bonds is 11. The molecule has 0 aliphatic carbocycles. The van der Waals surface area contributed by atoms with Crippen LogP contribution in [-0.4, -0.2) is 60.4 Å². The van der Waals surface area contributed by atoms with E-state index in [9.17, 15) is 29.1 Å². The molecule has 164 valence electrons. The van der Waals surface area contributed by atoms with Crippen LogP contribution >= 0.6 is 0 Å². The fourth-order valence-electron chi connectivity index (χ4n) is 2.55. The van der Waals surface area contributed by atoms with Gasteiger partial charge in [-0.1, -0.05) is 12.1 Å². The molecule has 10 nitrogen and oxygen atoms in total. The Kier molecular flexibility index (Phi) is 9.47. The number of carboxylic acid groups (broad SMARTS) is 1. The summed E-state index contributed by atoms with van der Waals surface area (Å²) < 4.78 is 19.9. The average molecular weight is 424 g/mol. The molecule has 0 amide bonds. The van der Waals surface area contributed by atoms with Gasteiger partial charge in [-0.2, -0.15) is 0 Å². The van der Waals surface area contributed by atoms with Gasteiger partial charge in [0.1, 0.15) is 0 Å². The number of ether oxygens (including phenoxy) is 4. The lowest BCUT2D eigenvalue weighted by molar-refractivity contribution is -0.177. The Hall–Kier alpha value is -3.43. The standard InChI is InChI=1S/C20H24O10/c1-4-27-15(21)11-20(19(26)29-6-3,12-16(22)28-5-2)30-18(25)14-10-8-7-9-13(14)17(23)24/h7-10H,4-6,11-12H2,1-3H3,(H,23,24). The molecule has 0 bridgehead atoms. The van der Waals surface area contributed by atoms with Gasteiger partial charge in [0.2, 0.25) is 5.60 Å². The molecule has 10 heteroatoms. The molecule has 0 aromatic heterocycles. The molecule has 0 radical (unpaired) electrons. The van der Waals surface area contributed by atoms with Crippen LogP contribution in [0.25, 0.3) is 0 Å². The molecule has 1 aromatic rings. The third kappa shape index (κ3) is 6.57. The van der Waals surface area contributed by atoms with Gasteiger partial charge >= 0.3 is 29.8 Å². The first kappa shape index (κ1) is 24.6. The molecule has 1 rings (SSSR count). The summed E-state index contributed by atoms with van der Waals surface area (Å²) in [6.45, 7) is 4.38. The van der Waals surface area contributed by atoms with E-state index in [1.54, 1.807) is 0 Å². The Bertz CT molecular complexity index is 779. The van der Waals surface area contributed by atoms with Crippen LogP contribution in [0.3, 0.4) is 0 Å². The van der Waals surface area contributed by atoms with Crippen molar-refractivity contribution in [2.24, 2.45) is 0 Å². The second-order valence-electron chi connectivity index (χ2n) is 5.92.